The molecule has 9 nitrogen and oxygen atoms in total. The van der Waals surface area contributed by atoms with Crippen molar-refractivity contribution in [2.45, 2.75) is 269 Å². The first-order valence-corrected chi connectivity index (χ1v) is 23.9. The Labute approximate surface area is 344 Å². The van der Waals surface area contributed by atoms with E-state index >= 15 is 0 Å². The van der Waals surface area contributed by atoms with E-state index in [1.165, 1.54) is 161 Å². The van der Waals surface area contributed by atoms with Gasteiger partial charge < -0.3 is 40.3 Å². The number of aliphatic hydroxyl groups excluding tert-OH is 5. The predicted octanol–water partition coefficient (Wildman–Crippen LogP) is 10.1. The molecular formula is C47H91NO8. The van der Waals surface area contributed by atoms with Gasteiger partial charge >= 0.3 is 0 Å². The molecule has 0 aromatic carbocycles. The highest BCUT2D eigenvalue weighted by Gasteiger charge is 2.44. The second kappa shape index (κ2) is 38.2. The molecule has 6 N–H and O–H groups in total. The highest BCUT2D eigenvalue weighted by atomic mass is 16.7. The molecule has 0 aromatic rings. The second-order valence-corrected chi connectivity index (χ2v) is 16.9. The maximum absolute atomic E-state index is 13.0. The van der Waals surface area contributed by atoms with E-state index in [4.69, 9.17) is 9.47 Å². The van der Waals surface area contributed by atoms with Crippen LogP contribution in [0.15, 0.2) is 12.2 Å². The van der Waals surface area contributed by atoms with Crippen LogP contribution in [-0.2, 0) is 14.3 Å². The van der Waals surface area contributed by atoms with Crippen LogP contribution in [0.25, 0.3) is 0 Å². The van der Waals surface area contributed by atoms with Crippen LogP contribution in [0, 0.1) is 0 Å². The van der Waals surface area contributed by atoms with Gasteiger partial charge in [0.05, 0.1) is 25.4 Å². The van der Waals surface area contributed by atoms with Crippen LogP contribution >= 0.6 is 0 Å². The summed E-state index contributed by atoms with van der Waals surface area (Å²) >= 11 is 0. The molecule has 7 unspecified atom stereocenters. The van der Waals surface area contributed by atoms with E-state index in [-0.39, 0.29) is 12.5 Å². The maximum atomic E-state index is 13.0. The first-order valence-electron chi connectivity index (χ1n) is 23.9. The summed E-state index contributed by atoms with van der Waals surface area (Å²) in [6, 6.07) is -0.717. The lowest BCUT2D eigenvalue weighted by Crippen LogP contribution is -2.60. The van der Waals surface area contributed by atoms with Gasteiger partial charge in [-0.25, -0.2) is 0 Å². The number of ether oxygens (including phenoxy) is 2. The zero-order valence-electron chi connectivity index (χ0n) is 36.4. The number of rotatable bonds is 40. The van der Waals surface area contributed by atoms with Crippen molar-refractivity contribution in [3.8, 4) is 0 Å². The summed E-state index contributed by atoms with van der Waals surface area (Å²) in [5.41, 5.74) is 0. The second-order valence-electron chi connectivity index (χ2n) is 16.9. The van der Waals surface area contributed by atoms with E-state index in [0.717, 1.165) is 38.5 Å². The van der Waals surface area contributed by atoms with Crippen LogP contribution in [-0.4, -0.2) is 87.5 Å². The van der Waals surface area contributed by atoms with E-state index in [1.54, 1.807) is 0 Å². The van der Waals surface area contributed by atoms with Gasteiger partial charge in [0.2, 0.25) is 5.91 Å². The Morgan fingerprint density at radius 1 is 0.589 bits per heavy atom. The zero-order chi connectivity index (χ0) is 40.9. The lowest BCUT2D eigenvalue weighted by Gasteiger charge is -2.40. The Kier molecular flexibility index (Phi) is 36.1. The third-order valence-corrected chi connectivity index (χ3v) is 11.6. The number of carbonyl (C=O) groups is 1. The molecule has 332 valence electrons. The summed E-state index contributed by atoms with van der Waals surface area (Å²) in [7, 11) is 0. The fourth-order valence-electron chi connectivity index (χ4n) is 7.74. The van der Waals surface area contributed by atoms with Crippen LogP contribution in [0.3, 0.4) is 0 Å². The minimum atomic E-state index is -1.55. The van der Waals surface area contributed by atoms with Crippen LogP contribution in [0.5, 0.6) is 0 Å². The molecule has 7 atom stereocenters. The molecule has 1 aliphatic heterocycles. The average Bonchev–Trinajstić information content (AvgIpc) is 3.20. The van der Waals surface area contributed by atoms with Gasteiger partial charge in [-0.05, 0) is 38.5 Å². The summed E-state index contributed by atoms with van der Waals surface area (Å²) in [5, 5.41) is 54.4. The number of hydrogen-bond acceptors (Lipinski definition) is 8. The lowest BCUT2D eigenvalue weighted by molar-refractivity contribution is -0.302. The molecule has 1 saturated heterocycles. The molecule has 0 aliphatic carbocycles. The fraction of sp³-hybridized carbons (Fsp3) is 0.936. The minimum Gasteiger partial charge on any atom is -0.394 e. The Morgan fingerprint density at radius 3 is 1.45 bits per heavy atom. The highest BCUT2D eigenvalue weighted by molar-refractivity contribution is 5.76. The van der Waals surface area contributed by atoms with Crippen LogP contribution in [0.2, 0.25) is 0 Å². The zero-order valence-corrected chi connectivity index (χ0v) is 36.4. The molecule has 1 fully saturated rings. The quantitative estimate of drug-likeness (QED) is 0.0265. The fourth-order valence-corrected chi connectivity index (χ4v) is 7.74. The van der Waals surface area contributed by atoms with Crippen molar-refractivity contribution >= 4 is 5.91 Å². The highest BCUT2D eigenvalue weighted by Crippen LogP contribution is 2.23. The Hall–Kier alpha value is -1.07. The Balaban J connectivity index is 2.31. The van der Waals surface area contributed by atoms with Gasteiger partial charge in [0.15, 0.2) is 6.29 Å². The maximum Gasteiger partial charge on any atom is 0.220 e. The van der Waals surface area contributed by atoms with Gasteiger partial charge in [0.1, 0.15) is 24.4 Å². The van der Waals surface area contributed by atoms with E-state index in [9.17, 15) is 30.3 Å². The number of carbonyl (C=O) groups excluding carboxylic acids is 1. The number of hydrogen-bond donors (Lipinski definition) is 6. The largest absolute Gasteiger partial charge is 0.394 e. The molecule has 9 heteroatoms. The van der Waals surface area contributed by atoms with Crippen molar-refractivity contribution < 1.29 is 39.8 Å². The van der Waals surface area contributed by atoms with Gasteiger partial charge in [0.25, 0.3) is 0 Å². The van der Waals surface area contributed by atoms with Gasteiger partial charge in [-0.2, -0.15) is 0 Å². The molecule has 0 aromatic heterocycles. The summed E-state index contributed by atoms with van der Waals surface area (Å²) in [6.07, 6.45) is 36.4. The van der Waals surface area contributed by atoms with Crippen molar-refractivity contribution in [2.24, 2.45) is 0 Å². The van der Waals surface area contributed by atoms with Crippen molar-refractivity contribution in [3.63, 3.8) is 0 Å². The van der Waals surface area contributed by atoms with Crippen molar-refractivity contribution in [2.75, 3.05) is 13.2 Å². The first kappa shape index (κ1) is 52.9. The van der Waals surface area contributed by atoms with Gasteiger partial charge in [-0.3, -0.25) is 4.79 Å². The van der Waals surface area contributed by atoms with Crippen molar-refractivity contribution in [1.82, 2.24) is 5.32 Å². The number of nitrogens with one attached hydrogen (secondary N) is 1. The Bertz CT molecular complexity index is 888. The van der Waals surface area contributed by atoms with E-state index in [2.05, 4.69) is 31.3 Å². The molecule has 1 amide bonds. The van der Waals surface area contributed by atoms with Crippen LogP contribution in [0.1, 0.15) is 226 Å². The third kappa shape index (κ3) is 28.4. The summed E-state index contributed by atoms with van der Waals surface area (Å²) in [4.78, 5) is 13.0. The third-order valence-electron chi connectivity index (χ3n) is 11.6. The summed E-state index contributed by atoms with van der Waals surface area (Å²) in [5.74, 6) is -0.147. The number of aliphatic hydroxyl groups is 5. The van der Waals surface area contributed by atoms with Crippen LogP contribution in [0.4, 0.5) is 0 Å². The smallest absolute Gasteiger partial charge is 0.220 e. The summed E-state index contributed by atoms with van der Waals surface area (Å²) in [6.45, 7) is 3.84. The molecule has 0 saturated carbocycles. The minimum absolute atomic E-state index is 0.136. The first-order chi connectivity index (χ1) is 27.3. The molecule has 0 spiro atoms. The standard InChI is InChI=1S/C47H91NO8/c1-3-5-7-9-11-13-15-17-19-20-21-23-25-27-29-31-33-35-37-43(51)48-40(39-55-47-46(54)45(53)44(52)42(38-49)56-47)41(50)36-34-32-30-28-26-24-22-18-16-14-12-10-8-6-4-2/h19-20,40-42,44-47,49-50,52-54H,3-18,21-39H2,1-2H3,(H,48,51)/b20-19-. The lowest BCUT2D eigenvalue weighted by atomic mass is 9.99. The molecule has 1 rings (SSSR count). The van der Waals surface area contributed by atoms with Gasteiger partial charge in [-0.1, -0.05) is 193 Å². The number of unbranched alkanes of at least 4 members (excludes halogenated alkanes) is 28. The van der Waals surface area contributed by atoms with Gasteiger partial charge in [0, 0.05) is 6.42 Å². The molecular weight excluding hydrogens is 707 g/mol. The number of allylic oxidation sites excluding steroid dienone is 2. The number of amides is 1. The molecule has 0 radical (unpaired) electrons. The predicted molar refractivity (Wildman–Crippen MR) is 231 cm³/mol. The van der Waals surface area contributed by atoms with Crippen LogP contribution < -0.4 is 5.32 Å². The normalized spacial score (nSPS) is 21.2. The SMILES string of the molecule is CCCCCCCCC/C=C\CCCCCCCCCC(=O)NC(COC1OC(CO)C(O)C(O)C1O)C(O)CCCCCCCCCCCCCCCCC. The molecule has 56 heavy (non-hydrogen) atoms. The van der Waals surface area contributed by atoms with E-state index in [0.29, 0.717) is 12.8 Å². The monoisotopic (exact) mass is 798 g/mol. The topological polar surface area (TPSA) is 149 Å². The molecule has 0 bridgehead atoms. The average molecular weight is 798 g/mol. The van der Waals surface area contributed by atoms with Gasteiger partial charge in [-0.15, -0.1) is 0 Å². The van der Waals surface area contributed by atoms with Crippen molar-refractivity contribution in [3.05, 3.63) is 12.2 Å². The van der Waals surface area contributed by atoms with Crippen molar-refractivity contribution in [1.29, 1.82) is 0 Å². The van der Waals surface area contributed by atoms with E-state index < -0.39 is 49.5 Å². The molecule has 1 heterocycles. The van der Waals surface area contributed by atoms with E-state index in [1.807, 2.05) is 0 Å². The Morgan fingerprint density at radius 2 is 1.00 bits per heavy atom. The summed E-state index contributed by atoms with van der Waals surface area (Å²) < 4.78 is 11.3. The molecule has 1 aliphatic rings.